The van der Waals surface area contributed by atoms with E-state index in [4.69, 9.17) is 20.9 Å². The second kappa shape index (κ2) is 18.1. The Kier molecular flexibility index (Phi) is 15.0. The molecule has 0 spiro atoms. The maximum atomic E-state index is 13.5. The number of nitrogens with zero attached hydrogens (tertiary/aromatic N) is 1. The molecule has 12 nitrogen and oxygen atoms in total. The molecule has 46 heavy (non-hydrogen) atoms. The molecular formula is C34H48N4O8. The Labute approximate surface area is 270 Å². The summed E-state index contributed by atoms with van der Waals surface area (Å²) in [6, 6.07) is 15.5. The monoisotopic (exact) mass is 640 g/mol. The molecule has 0 aliphatic heterocycles. The summed E-state index contributed by atoms with van der Waals surface area (Å²) in [6.45, 7) is 6.82. The van der Waals surface area contributed by atoms with Crippen LogP contribution in [0.15, 0.2) is 60.7 Å². The molecule has 0 bridgehead atoms. The first-order chi connectivity index (χ1) is 21.7. The Bertz CT molecular complexity index is 1300. The van der Waals surface area contributed by atoms with E-state index in [1.165, 1.54) is 20.8 Å². The van der Waals surface area contributed by atoms with E-state index < -0.39 is 65.3 Å². The summed E-state index contributed by atoms with van der Waals surface area (Å²) in [4.78, 5) is 65.3. The van der Waals surface area contributed by atoms with Gasteiger partial charge in [0.2, 0.25) is 11.8 Å². The molecule has 0 fully saturated rings. The molecule has 2 aromatic carbocycles. The number of amides is 3. The molecule has 0 saturated heterocycles. The molecule has 0 aromatic heterocycles. The third-order valence-corrected chi connectivity index (χ3v) is 7.92. The third kappa shape index (κ3) is 11.3. The molecule has 0 aliphatic rings. The second-order valence-corrected chi connectivity index (χ2v) is 11.9. The van der Waals surface area contributed by atoms with Crippen LogP contribution in [-0.2, 0) is 41.7 Å². The molecule has 6 atom stereocenters. The van der Waals surface area contributed by atoms with E-state index in [0.717, 1.165) is 10.5 Å². The molecular weight excluding hydrogens is 592 g/mol. The predicted octanol–water partition coefficient (Wildman–Crippen LogP) is 2.63. The topological polar surface area (TPSA) is 191 Å². The molecule has 0 radical (unpaired) electrons. The van der Waals surface area contributed by atoms with Crippen LogP contribution in [0.5, 0.6) is 0 Å². The van der Waals surface area contributed by atoms with E-state index in [1.807, 2.05) is 36.4 Å². The van der Waals surface area contributed by atoms with Crippen molar-refractivity contribution in [2.75, 3.05) is 6.61 Å². The number of rotatable bonds is 17. The van der Waals surface area contributed by atoms with E-state index >= 15 is 0 Å². The number of ether oxygens (including phenoxy) is 2. The summed E-state index contributed by atoms with van der Waals surface area (Å²) < 4.78 is 10.7. The largest absolute Gasteiger partial charge is 0.453 e. The number of imide groups is 1. The number of nitrogens with one attached hydrogen (secondary N) is 1. The summed E-state index contributed by atoms with van der Waals surface area (Å²) >= 11 is 0. The van der Waals surface area contributed by atoms with Crippen molar-refractivity contribution in [3.05, 3.63) is 71.8 Å². The lowest BCUT2D eigenvalue weighted by Crippen LogP contribution is -2.59. The van der Waals surface area contributed by atoms with Gasteiger partial charge in [-0.2, -0.15) is 0 Å². The average molecular weight is 641 g/mol. The van der Waals surface area contributed by atoms with Crippen LogP contribution in [0.1, 0.15) is 65.0 Å². The highest BCUT2D eigenvalue weighted by Gasteiger charge is 2.42. The van der Waals surface area contributed by atoms with Crippen LogP contribution >= 0.6 is 0 Å². The first-order valence-electron chi connectivity index (χ1n) is 15.4. The normalized spacial score (nSPS) is 15.7. The predicted molar refractivity (Wildman–Crippen MR) is 172 cm³/mol. The number of ketones is 1. The number of hydrogen-bond acceptors (Lipinski definition) is 10. The number of nitrogens with two attached hydrogens (primary N) is 2. The van der Waals surface area contributed by atoms with E-state index in [1.54, 1.807) is 38.1 Å². The van der Waals surface area contributed by atoms with Crippen LogP contribution in [0.2, 0.25) is 0 Å². The van der Waals surface area contributed by atoms with Crippen molar-refractivity contribution in [2.24, 2.45) is 17.4 Å². The Hall–Kier alpha value is -4.13. The number of aliphatic hydroxyl groups is 1. The fraction of sp³-hybridized carbons (Fsp3) is 0.500. The number of benzene rings is 2. The second-order valence-electron chi connectivity index (χ2n) is 11.9. The number of carbonyl (C=O) groups excluding carboxylic acids is 5. The Morgan fingerprint density at radius 3 is 2.04 bits per heavy atom. The Morgan fingerprint density at radius 1 is 0.957 bits per heavy atom. The SMILES string of the molecule is CC(=O)OC(C(=O)CCC[C@@H](Cc1ccccc1)NC(=O)[C@H](C)N(C(=O)OCc1ccccc1)C(=O)[C@H](C)N)[C@](C)(N)C(C)CO. The molecule has 12 heteroatoms. The molecule has 252 valence electrons. The lowest BCUT2D eigenvalue weighted by atomic mass is 9.80. The molecule has 3 amide bonds. The van der Waals surface area contributed by atoms with Crippen molar-refractivity contribution in [3.8, 4) is 0 Å². The zero-order chi connectivity index (χ0) is 34.4. The fourth-order valence-corrected chi connectivity index (χ4v) is 4.82. The van der Waals surface area contributed by atoms with Gasteiger partial charge in [0.25, 0.3) is 0 Å². The maximum Gasteiger partial charge on any atom is 0.417 e. The highest BCUT2D eigenvalue weighted by Crippen LogP contribution is 2.24. The minimum atomic E-state index is -1.31. The Morgan fingerprint density at radius 2 is 1.52 bits per heavy atom. The van der Waals surface area contributed by atoms with E-state index in [2.05, 4.69) is 5.32 Å². The molecule has 0 aliphatic carbocycles. The van der Waals surface area contributed by atoms with Crippen LogP contribution in [0.3, 0.4) is 0 Å². The lowest BCUT2D eigenvalue weighted by molar-refractivity contribution is -0.159. The third-order valence-electron chi connectivity index (χ3n) is 7.92. The van der Waals surface area contributed by atoms with E-state index in [0.29, 0.717) is 24.8 Å². The van der Waals surface area contributed by atoms with Crippen LogP contribution < -0.4 is 16.8 Å². The van der Waals surface area contributed by atoms with Gasteiger partial charge in [-0.25, -0.2) is 9.69 Å². The molecule has 0 saturated carbocycles. The summed E-state index contributed by atoms with van der Waals surface area (Å²) in [5, 5.41) is 12.6. The van der Waals surface area contributed by atoms with Crippen molar-refractivity contribution in [1.29, 1.82) is 0 Å². The van der Waals surface area contributed by atoms with Gasteiger partial charge in [0.15, 0.2) is 11.9 Å². The minimum Gasteiger partial charge on any atom is -0.453 e. The van der Waals surface area contributed by atoms with Gasteiger partial charge in [-0.15, -0.1) is 0 Å². The van der Waals surface area contributed by atoms with Gasteiger partial charge in [0.1, 0.15) is 12.6 Å². The first kappa shape index (κ1) is 38.1. The summed E-state index contributed by atoms with van der Waals surface area (Å²) in [5.41, 5.74) is 12.5. The number of hydrogen-bond donors (Lipinski definition) is 4. The number of carbonyl (C=O) groups is 5. The molecule has 2 aromatic rings. The van der Waals surface area contributed by atoms with Gasteiger partial charge in [0.05, 0.1) is 11.6 Å². The molecule has 2 rings (SSSR count). The number of aliphatic hydroxyl groups excluding tert-OH is 1. The maximum absolute atomic E-state index is 13.5. The highest BCUT2D eigenvalue weighted by atomic mass is 16.6. The van der Waals surface area contributed by atoms with Crippen LogP contribution in [-0.4, -0.2) is 76.0 Å². The highest BCUT2D eigenvalue weighted by molar-refractivity contribution is 5.99. The van der Waals surface area contributed by atoms with Gasteiger partial charge < -0.3 is 31.4 Å². The van der Waals surface area contributed by atoms with Gasteiger partial charge in [0, 0.05) is 31.9 Å². The summed E-state index contributed by atoms with van der Waals surface area (Å²) in [5.74, 6) is -3.00. The Balaban J connectivity index is 2.20. The number of Topliss-reactive ketones (excluding diaryl/α,β-unsaturated/α-hetero) is 1. The van der Waals surface area contributed by atoms with Crippen molar-refractivity contribution in [1.82, 2.24) is 10.2 Å². The number of esters is 1. The van der Waals surface area contributed by atoms with Crippen molar-refractivity contribution < 1.29 is 38.6 Å². The molecule has 0 heterocycles. The molecule has 6 N–H and O–H groups in total. The fourth-order valence-electron chi connectivity index (χ4n) is 4.82. The lowest BCUT2D eigenvalue weighted by Gasteiger charge is -2.36. The van der Waals surface area contributed by atoms with Gasteiger partial charge in [-0.05, 0) is 51.2 Å². The summed E-state index contributed by atoms with van der Waals surface area (Å²) in [6.07, 6.45) is -1.25. The smallest absolute Gasteiger partial charge is 0.417 e. The first-order valence-corrected chi connectivity index (χ1v) is 15.4. The zero-order valence-electron chi connectivity index (χ0n) is 27.3. The van der Waals surface area contributed by atoms with Gasteiger partial charge in [-0.1, -0.05) is 67.6 Å². The minimum absolute atomic E-state index is 0.0132. The van der Waals surface area contributed by atoms with Crippen LogP contribution in [0.25, 0.3) is 0 Å². The van der Waals surface area contributed by atoms with E-state index in [9.17, 15) is 29.1 Å². The molecule has 2 unspecified atom stereocenters. The average Bonchev–Trinajstić information content (AvgIpc) is 3.02. The van der Waals surface area contributed by atoms with Gasteiger partial charge in [-0.3, -0.25) is 19.2 Å². The van der Waals surface area contributed by atoms with Gasteiger partial charge >= 0.3 is 12.1 Å². The summed E-state index contributed by atoms with van der Waals surface area (Å²) in [7, 11) is 0. The van der Waals surface area contributed by atoms with Crippen molar-refractivity contribution >= 4 is 29.7 Å². The standard InChI is InChI=1S/C34H48N4O8/c1-22(20-39)34(5,36)30(46-25(4)40)29(41)18-12-17-28(19-26-13-8-6-9-14-26)37-31(42)24(3)38(32(43)23(2)35)33(44)45-21-27-15-10-7-11-16-27/h6-11,13-16,22-24,28,30,39H,12,17-21,35-36H2,1-5H3,(H,37,42)/t22?,23-,24-,28-,30?,34+/m0/s1. The quantitative estimate of drug-likeness (QED) is 0.187. The van der Waals surface area contributed by atoms with Crippen molar-refractivity contribution in [3.63, 3.8) is 0 Å². The van der Waals surface area contributed by atoms with Crippen LogP contribution in [0.4, 0.5) is 4.79 Å². The zero-order valence-corrected chi connectivity index (χ0v) is 27.3. The van der Waals surface area contributed by atoms with Crippen molar-refractivity contribution in [2.45, 2.75) is 96.7 Å². The van der Waals surface area contributed by atoms with Crippen LogP contribution in [0, 0.1) is 5.92 Å². The van der Waals surface area contributed by atoms with E-state index in [-0.39, 0.29) is 19.6 Å².